The first-order valence-corrected chi connectivity index (χ1v) is 4.11. The molecule has 3 heteroatoms. The fourth-order valence-corrected chi connectivity index (χ4v) is 0.791. The Bertz CT molecular complexity index is 286. The number of aromatic nitrogens is 1. The van der Waals surface area contributed by atoms with Crippen molar-refractivity contribution in [2.24, 2.45) is 0 Å². The van der Waals surface area contributed by atoms with Gasteiger partial charge in [-0.05, 0) is 12.1 Å². The van der Waals surface area contributed by atoms with Crippen molar-refractivity contribution in [3.05, 3.63) is 73.4 Å². The Kier molecular flexibility index (Phi) is 12.7. The van der Waals surface area contributed by atoms with Crippen LogP contribution in [0.1, 0.15) is 5.56 Å². The van der Waals surface area contributed by atoms with E-state index in [1.807, 2.05) is 48.5 Å². The van der Waals surface area contributed by atoms with Crippen LogP contribution in [0.2, 0.25) is 0 Å². The van der Waals surface area contributed by atoms with Crippen molar-refractivity contribution in [3.8, 4) is 0 Å². The van der Waals surface area contributed by atoms with Gasteiger partial charge in [-0.1, -0.05) is 12.1 Å². The van der Waals surface area contributed by atoms with Gasteiger partial charge >= 0.3 is 23.1 Å². The number of halogens is 1. The van der Waals surface area contributed by atoms with Crippen molar-refractivity contribution in [2.45, 2.75) is 0 Å². The number of nitrogens with zero attached hydrogens (tertiary/aromatic N) is 1. The predicted molar refractivity (Wildman–Crippen MR) is 60.9 cm³/mol. The summed E-state index contributed by atoms with van der Waals surface area (Å²) in [6.07, 6.45) is 3.50. The molecule has 0 aliphatic rings. The molecular weight excluding hydrogens is 218 g/mol. The van der Waals surface area contributed by atoms with Gasteiger partial charge < -0.3 is 12.4 Å². The van der Waals surface area contributed by atoms with E-state index in [1.165, 1.54) is 0 Å². The average molecular weight is 230 g/mol. The second kappa shape index (κ2) is 11.4. The van der Waals surface area contributed by atoms with Crippen molar-refractivity contribution >= 4 is 23.1 Å². The smallest absolute Gasteiger partial charge is 1.00 e. The zero-order valence-electron chi connectivity index (χ0n) is 8.51. The van der Waals surface area contributed by atoms with E-state index in [9.17, 15) is 0 Å². The van der Waals surface area contributed by atoms with Gasteiger partial charge in [-0.25, -0.2) is 0 Å². The summed E-state index contributed by atoms with van der Waals surface area (Å²) in [7, 11) is 0. The van der Waals surface area contributed by atoms with Crippen LogP contribution in [-0.2, 0) is 0 Å². The minimum atomic E-state index is 0. The molecular formula is C12H12ClMgN. The Labute approximate surface area is 114 Å². The maximum atomic E-state index is 3.78. The molecule has 0 bridgehead atoms. The molecule has 0 fully saturated rings. The summed E-state index contributed by atoms with van der Waals surface area (Å²) in [5.41, 5.74) is 1.07. The van der Waals surface area contributed by atoms with Crippen LogP contribution < -0.4 is 12.4 Å². The third kappa shape index (κ3) is 9.60. The first-order valence-electron chi connectivity index (χ1n) is 4.11. The normalized spacial score (nSPS) is 7.20. The molecule has 0 amide bonds. The molecule has 0 saturated heterocycles. The van der Waals surface area contributed by atoms with Gasteiger partial charge in [0.05, 0.1) is 0 Å². The molecule has 0 aliphatic carbocycles. The standard InChI is InChI=1S/C7H7.C5H5N.ClH.Mg/c1-7-5-3-2-4-6-7;1-2-4-6-5-3-1;;/h2-6H,1H2;1-5H;1H;/q-1;;;+2/p-1. The molecule has 0 N–H and O–H groups in total. The topological polar surface area (TPSA) is 12.9 Å². The summed E-state index contributed by atoms with van der Waals surface area (Å²) < 4.78 is 0. The maximum absolute atomic E-state index is 3.78. The minimum Gasteiger partial charge on any atom is -1.00 e. The van der Waals surface area contributed by atoms with Crippen LogP contribution in [0.5, 0.6) is 0 Å². The Morgan fingerprint density at radius 3 is 1.47 bits per heavy atom. The molecule has 0 unspecified atom stereocenters. The SMILES string of the molecule is [CH2-]c1ccccc1.[Cl-].[Mg+2].c1ccncc1. The fourth-order valence-electron chi connectivity index (χ4n) is 0.791. The molecule has 2 rings (SSSR count). The molecule has 1 aromatic carbocycles. The summed E-state index contributed by atoms with van der Waals surface area (Å²) in [4.78, 5) is 3.78. The van der Waals surface area contributed by atoms with E-state index < -0.39 is 0 Å². The zero-order chi connectivity index (χ0) is 9.36. The molecule has 1 heterocycles. The zero-order valence-corrected chi connectivity index (χ0v) is 10.7. The Hall–Kier alpha value is -0.704. The van der Waals surface area contributed by atoms with E-state index in [0.717, 1.165) is 5.56 Å². The van der Waals surface area contributed by atoms with Crippen LogP contribution in [0, 0.1) is 6.92 Å². The van der Waals surface area contributed by atoms with E-state index in [1.54, 1.807) is 12.4 Å². The van der Waals surface area contributed by atoms with Crippen LogP contribution in [0.15, 0.2) is 60.9 Å². The van der Waals surface area contributed by atoms with Crippen molar-refractivity contribution in [2.75, 3.05) is 0 Å². The second-order valence-corrected chi connectivity index (χ2v) is 2.51. The van der Waals surface area contributed by atoms with Gasteiger partial charge in [0.1, 0.15) is 0 Å². The summed E-state index contributed by atoms with van der Waals surface area (Å²) in [5, 5.41) is 0. The van der Waals surface area contributed by atoms with Gasteiger partial charge in [-0.15, -0.1) is 12.1 Å². The second-order valence-electron chi connectivity index (χ2n) is 2.51. The van der Waals surface area contributed by atoms with E-state index in [-0.39, 0.29) is 35.5 Å². The van der Waals surface area contributed by atoms with Gasteiger partial charge in [0.15, 0.2) is 0 Å². The molecule has 1 aromatic heterocycles. The number of benzene rings is 1. The molecule has 0 spiro atoms. The first kappa shape index (κ1) is 16.7. The molecule has 0 radical (unpaired) electrons. The van der Waals surface area contributed by atoms with Gasteiger partial charge in [0, 0.05) is 12.4 Å². The summed E-state index contributed by atoms with van der Waals surface area (Å²) in [6, 6.07) is 15.6. The van der Waals surface area contributed by atoms with E-state index >= 15 is 0 Å². The number of hydrogen-bond donors (Lipinski definition) is 0. The Morgan fingerprint density at radius 1 is 0.800 bits per heavy atom. The Balaban J connectivity index is 0. The number of pyridine rings is 1. The summed E-state index contributed by atoms with van der Waals surface area (Å²) >= 11 is 0. The number of rotatable bonds is 0. The molecule has 1 nitrogen and oxygen atoms in total. The Morgan fingerprint density at radius 2 is 1.27 bits per heavy atom. The molecule has 0 saturated carbocycles. The maximum Gasteiger partial charge on any atom is 2.00 e. The molecule has 2 aromatic rings. The molecule has 0 aliphatic heterocycles. The molecule has 15 heavy (non-hydrogen) atoms. The monoisotopic (exact) mass is 229 g/mol. The van der Waals surface area contributed by atoms with Crippen molar-refractivity contribution in [1.82, 2.24) is 4.98 Å². The summed E-state index contributed by atoms with van der Waals surface area (Å²) in [6.45, 7) is 3.72. The van der Waals surface area contributed by atoms with E-state index in [2.05, 4.69) is 11.9 Å². The first-order chi connectivity index (χ1) is 6.39. The van der Waals surface area contributed by atoms with Crippen LogP contribution in [0.3, 0.4) is 0 Å². The van der Waals surface area contributed by atoms with E-state index in [0.29, 0.717) is 0 Å². The van der Waals surface area contributed by atoms with Crippen molar-refractivity contribution in [1.29, 1.82) is 0 Å². The van der Waals surface area contributed by atoms with Gasteiger partial charge in [-0.2, -0.15) is 24.6 Å². The summed E-state index contributed by atoms with van der Waals surface area (Å²) in [5.74, 6) is 0. The third-order valence-corrected chi connectivity index (χ3v) is 1.41. The van der Waals surface area contributed by atoms with Crippen LogP contribution in [-0.4, -0.2) is 28.0 Å². The van der Waals surface area contributed by atoms with Crippen molar-refractivity contribution in [3.63, 3.8) is 0 Å². The van der Waals surface area contributed by atoms with Gasteiger partial charge in [0.2, 0.25) is 0 Å². The molecule has 74 valence electrons. The number of hydrogen-bond acceptors (Lipinski definition) is 1. The average Bonchev–Trinajstić information content (AvgIpc) is 2.22. The third-order valence-electron chi connectivity index (χ3n) is 1.41. The van der Waals surface area contributed by atoms with Crippen molar-refractivity contribution < 1.29 is 12.4 Å². The largest absolute Gasteiger partial charge is 2.00 e. The predicted octanol–water partition coefficient (Wildman–Crippen LogP) is -0.426. The molecule has 0 atom stereocenters. The van der Waals surface area contributed by atoms with Gasteiger partial charge in [-0.3, -0.25) is 4.98 Å². The fraction of sp³-hybridized carbons (Fsp3) is 0. The minimum absolute atomic E-state index is 0. The van der Waals surface area contributed by atoms with Crippen LogP contribution >= 0.6 is 0 Å². The van der Waals surface area contributed by atoms with Crippen LogP contribution in [0.4, 0.5) is 0 Å². The van der Waals surface area contributed by atoms with E-state index in [4.69, 9.17) is 0 Å². The quantitative estimate of drug-likeness (QED) is 0.442. The van der Waals surface area contributed by atoms with Gasteiger partial charge in [0.25, 0.3) is 0 Å². The van der Waals surface area contributed by atoms with Crippen LogP contribution in [0.25, 0.3) is 0 Å².